The maximum absolute atomic E-state index is 5.93. The van der Waals surface area contributed by atoms with E-state index in [1.807, 2.05) is 12.1 Å². The van der Waals surface area contributed by atoms with Crippen LogP contribution in [0.25, 0.3) is 0 Å². The van der Waals surface area contributed by atoms with E-state index in [2.05, 4.69) is 21.9 Å². The van der Waals surface area contributed by atoms with Crippen molar-refractivity contribution in [1.82, 2.24) is 9.80 Å². The Morgan fingerprint density at radius 3 is 2.30 bits per heavy atom. The van der Waals surface area contributed by atoms with Gasteiger partial charge in [-0.25, -0.2) is 0 Å². The van der Waals surface area contributed by atoms with Crippen LogP contribution in [0.2, 0.25) is 5.02 Å². The smallest absolute Gasteiger partial charge is 0.0594 e. The van der Waals surface area contributed by atoms with E-state index in [9.17, 15) is 0 Å². The van der Waals surface area contributed by atoms with Gasteiger partial charge < -0.3 is 4.74 Å². The zero-order valence-corrected chi connectivity index (χ0v) is 12.7. The molecule has 0 aromatic heterocycles. The molecule has 1 aromatic carbocycles. The van der Waals surface area contributed by atoms with Crippen molar-refractivity contribution in [3.63, 3.8) is 0 Å². The third-order valence-corrected chi connectivity index (χ3v) is 4.69. The van der Waals surface area contributed by atoms with Gasteiger partial charge in [-0.2, -0.15) is 0 Å². The second kappa shape index (κ2) is 6.90. The lowest BCUT2D eigenvalue weighted by atomic mass is 10.0. The first-order valence-corrected chi connectivity index (χ1v) is 7.98. The highest BCUT2D eigenvalue weighted by atomic mass is 35.5. The van der Waals surface area contributed by atoms with Crippen LogP contribution < -0.4 is 0 Å². The number of morpholine rings is 1. The van der Waals surface area contributed by atoms with Crippen molar-refractivity contribution in [2.75, 3.05) is 39.4 Å². The van der Waals surface area contributed by atoms with Crippen LogP contribution in [0.5, 0.6) is 0 Å². The van der Waals surface area contributed by atoms with Crippen molar-refractivity contribution in [2.45, 2.75) is 25.4 Å². The molecule has 3 nitrogen and oxygen atoms in total. The summed E-state index contributed by atoms with van der Waals surface area (Å²) in [5, 5.41) is 0.819. The number of benzene rings is 1. The minimum atomic E-state index is 0.764. The number of likely N-dealkylation sites (tertiary alicyclic amines) is 1. The molecule has 0 radical (unpaired) electrons. The highest BCUT2D eigenvalue weighted by Crippen LogP contribution is 2.20. The molecule has 0 atom stereocenters. The zero-order valence-electron chi connectivity index (χ0n) is 11.9. The molecule has 0 saturated carbocycles. The molecular formula is C16H23ClN2O. The second-order valence-corrected chi connectivity index (χ2v) is 6.22. The average molecular weight is 295 g/mol. The van der Waals surface area contributed by atoms with Crippen LogP contribution in [0.3, 0.4) is 0 Å². The number of nitrogens with zero attached hydrogens (tertiary/aromatic N) is 2. The highest BCUT2D eigenvalue weighted by molar-refractivity contribution is 6.30. The van der Waals surface area contributed by atoms with Crippen LogP contribution in [0, 0.1) is 0 Å². The van der Waals surface area contributed by atoms with E-state index < -0.39 is 0 Å². The van der Waals surface area contributed by atoms with Gasteiger partial charge in [0, 0.05) is 30.7 Å². The Morgan fingerprint density at radius 2 is 1.65 bits per heavy atom. The van der Waals surface area contributed by atoms with E-state index in [1.165, 1.54) is 31.5 Å². The molecule has 2 aliphatic heterocycles. The molecule has 3 rings (SSSR count). The standard InChI is InChI=1S/C16H23ClN2O/c17-15-3-1-14(2-4-15)13-18-7-5-16(6-8-18)19-9-11-20-12-10-19/h1-4,16H,5-13H2. The minimum absolute atomic E-state index is 0.764. The van der Waals surface area contributed by atoms with Gasteiger partial charge in [-0.1, -0.05) is 23.7 Å². The van der Waals surface area contributed by atoms with Crippen molar-refractivity contribution < 1.29 is 4.74 Å². The van der Waals surface area contributed by atoms with E-state index >= 15 is 0 Å². The van der Waals surface area contributed by atoms with Gasteiger partial charge in [0.05, 0.1) is 13.2 Å². The molecule has 110 valence electrons. The molecule has 4 heteroatoms. The predicted molar refractivity (Wildman–Crippen MR) is 82.1 cm³/mol. The lowest BCUT2D eigenvalue weighted by molar-refractivity contribution is 0.000231. The van der Waals surface area contributed by atoms with E-state index in [0.29, 0.717) is 0 Å². The average Bonchev–Trinajstić information content (AvgIpc) is 2.51. The second-order valence-electron chi connectivity index (χ2n) is 5.78. The topological polar surface area (TPSA) is 15.7 Å². The summed E-state index contributed by atoms with van der Waals surface area (Å²) in [5.41, 5.74) is 1.36. The van der Waals surface area contributed by atoms with Gasteiger partial charge in [0.2, 0.25) is 0 Å². The van der Waals surface area contributed by atoms with Crippen LogP contribution in [0.4, 0.5) is 0 Å². The molecule has 0 bridgehead atoms. The lowest BCUT2D eigenvalue weighted by Gasteiger charge is -2.40. The van der Waals surface area contributed by atoms with Crippen LogP contribution in [0.15, 0.2) is 24.3 Å². The number of hydrogen-bond acceptors (Lipinski definition) is 3. The van der Waals surface area contributed by atoms with Crippen molar-refractivity contribution in [3.8, 4) is 0 Å². The van der Waals surface area contributed by atoms with Crippen LogP contribution in [0.1, 0.15) is 18.4 Å². The first-order valence-electron chi connectivity index (χ1n) is 7.60. The van der Waals surface area contributed by atoms with E-state index in [4.69, 9.17) is 16.3 Å². The molecule has 0 amide bonds. The first-order chi connectivity index (χ1) is 9.81. The Kier molecular flexibility index (Phi) is 4.94. The maximum Gasteiger partial charge on any atom is 0.0594 e. The Hall–Kier alpha value is -0.610. The number of hydrogen-bond donors (Lipinski definition) is 0. The molecule has 20 heavy (non-hydrogen) atoms. The third-order valence-electron chi connectivity index (χ3n) is 4.44. The Bertz CT molecular complexity index is 409. The normalized spacial score (nSPS) is 23.1. The van der Waals surface area contributed by atoms with Crippen LogP contribution >= 0.6 is 11.6 Å². The van der Waals surface area contributed by atoms with Crippen LogP contribution in [-0.4, -0.2) is 55.2 Å². The number of halogens is 1. The number of ether oxygens (including phenoxy) is 1. The SMILES string of the molecule is Clc1ccc(CN2CCC(N3CCOCC3)CC2)cc1. The van der Waals surface area contributed by atoms with Gasteiger partial charge in [-0.3, -0.25) is 9.80 Å². The van der Waals surface area contributed by atoms with E-state index in [-0.39, 0.29) is 0 Å². The maximum atomic E-state index is 5.93. The van der Waals surface area contributed by atoms with Gasteiger partial charge in [0.15, 0.2) is 0 Å². The molecule has 0 unspecified atom stereocenters. The quantitative estimate of drug-likeness (QED) is 0.852. The zero-order chi connectivity index (χ0) is 13.8. The molecule has 0 aliphatic carbocycles. The summed E-state index contributed by atoms with van der Waals surface area (Å²) in [4.78, 5) is 5.17. The Labute approximate surface area is 126 Å². The Morgan fingerprint density at radius 1 is 1.00 bits per heavy atom. The molecule has 2 saturated heterocycles. The summed E-state index contributed by atoms with van der Waals surface area (Å²) in [7, 11) is 0. The summed E-state index contributed by atoms with van der Waals surface area (Å²) in [5.74, 6) is 0. The minimum Gasteiger partial charge on any atom is -0.379 e. The first kappa shape index (κ1) is 14.3. The predicted octanol–water partition coefficient (Wildman–Crippen LogP) is 2.64. The van der Waals surface area contributed by atoms with Gasteiger partial charge in [-0.15, -0.1) is 0 Å². The summed E-state index contributed by atoms with van der Waals surface area (Å²) < 4.78 is 5.44. The summed E-state index contributed by atoms with van der Waals surface area (Å²) in [6.45, 7) is 7.49. The molecule has 2 fully saturated rings. The highest BCUT2D eigenvalue weighted by Gasteiger charge is 2.25. The third kappa shape index (κ3) is 3.73. The van der Waals surface area contributed by atoms with Crippen LogP contribution in [-0.2, 0) is 11.3 Å². The molecule has 2 heterocycles. The Balaban J connectivity index is 1.47. The van der Waals surface area contributed by atoms with Crippen molar-refractivity contribution in [2.24, 2.45) is 0 Å². The molecule has 0 N–H and O–H groups in total. The summed E-state index contributed by atoms with van der Waals surface area (Å²) >= 11 is 5.93. The molecule has 0 spiro atoms. The van der Waals surface area contributed by atoms with Gasteiger partial charge in [0.1, 0.15) is 0 Å². The van der Waals surface area contributed by atoms with E-state index in [0.717, 1.165) is 43.9 Å². The fourth-order valence-corrected chi connectivity index (χ4v) is 3.36. The van der Waals surface area contributed by atoms with Gasteiger partial charge in [0.25, 0.3) is 0 Å². The summed E-state index contributed by atoms with van der Waals surface area (Å²) in [6.07, 6.45) is 2.57. The van der Waals surface area contributed by atoms with Crippen molar-refractivity contribution >= 4 is 11.6 Å². The van der Waals surface area contributed by atoms with E-state index in [1.54, 1.807) is 0 Å². The van der Waals surface area contributed by atoms with Crippen molar-refractivity contribution in [1.29, 1.82) is 0 Å². The molecule has 2 aliphatic rings. The van der Waals surface area contributed by atoms with Gasteiger partial charge in [-0.05, 0) is 43.6 Å². The number of piperidine rings is 1. The monoisotopic (exact) mass is 294 g/mol. The molecular weight excluding hydrogens is 272 g/mol. The fourth-order valence-electron chi connectivity index (χ4n) is 3.23. The molecule has 1 aromatic rings. The van der Waals surface area contributed by atoms with Crippen molar-refractivity contribution in [3.05, 3.63) is 34.9 Å². The largest absolute Gasteiger partial charge is 0.379 e. The summed E-state index contributed by atoms with van der Waals surface area (Å²) in [6, 6.07) is 9.00. The lowest BCUT2D eigenvalue weighted by Crippen LogP contribution is -2.48. The van der Waals surface area contributed by atoms with Gasteiger partial charge >= 0.3 is 0 Å². The fraction of sp³-hybridized carbons (Fsp3) is 0.625. The number of rotatable bonds is 3.